The van der Waals surface area contributed by atoms with Gasteiger partial charge in [0.05, 0.1) is 7.11 Å². The molecule has 2 aromatic carbocycles. The van der Waals surface area contributed by atoms with Crippen LogP contribution in [0.2, 0.25) is 0 Å². The zero-order valence-electron chi connectivity index (χ0n) is 13.8. The number of amides is 1. The van der Waals surface area contributed by atoms with Crippen LogP contribution in [0.1, 0.15) is 16.6 Å². The number of thiophene rings is 1. The van der Waals surface area contributed by atoms with Gasteiger partial charge in [-0.1, -0.05) is 24.3 Å². The SMILES string of the molecule is COc1cccc(NC(=O)[C@@H](C)OC(=O)c2cc3ccccc3s2)c1. The Morgan fingerprint density at radius 2 is 1.88 bits per heavy atom. The van der Waals surface area contributed by atoms with Crippen LogP contribution in [0.3, 0.4) is 0 Å². The highest BCUT2D eigenvalue weighted by atomic mass is 32.1. The number of benzene rings is 2. The van der Waals surface area contributed by atoms with E-state index in [2.05, 4.69) is 5.32 Å². The zero-order chi connectivity index (χ0) is 17.8. The predicted octanol–water partition coefficient (Wildman–Crippen LogP) is 4.09. The Bertz CT molecular complexity index is 885. The summed E-state index contributed by atoms with van der Waals surface area (Å²) in [6, 6.07) is 16.4. The number of rotatable bonds is 5. The maximum absolute atomic E-state index is 12.3. The van der Waals surface area contributed by atoms with Crippen LogP contribution in [0.4, 0.5) is 5.69 Å². The molecular weight excluding hydrogens is 338 g/mol. The van der Waals surface area contributed by atoms with Gasteiger partial charge in [0, 0.05) is 16.5 Å². The standard InChI is InChI=1S/C19H17NO4S/c1-12(18(21)20-14-7-5-8-15(11-14)23-2)24-19(22)17-10-13-6-3-4-9-16(13)25-17/h3-12H,1-2H3,(H,20,21)/t12-/m1/s1. The van der Waals surface area contributed by atoms with Gasteiger partial charge in [0.25, 0.3) is 5.91 Å². The molecule has 1 heterocycles. The van der Waals surface area contributed by atoms with Crippen molar-refractivity contribution in [3.8, 4) is 5.75 Å². The molecular formula is C19H17NO4S. The summed E-state index contributed by atoms with van der Waals surface area (Å²) in [7, 11) is 1.55. The molecule has 25 heavy (non-hydrogen) atoms. The lowest BCUT2D eigenvalue weighted by molar-refractivity contribution is -0.123. The van der Waals surface area contributed by atoms with Crippen molar-refractivity contribution in [2.45, 2.75) is 13.0 Å². The highest BCUT2D eigenvalue weighted by molar-refractivity contribution is 7.20. The fourth-order valence-electron chi connectivity index (χ4n) is 2.30. The van der Waals surface area contributed by atoms with Gasteiger partial charge in [0.1, 0.15) is 10.6 Å². The second kappa shape index (κ2) is 7.36. The van der Waals surface area contributed by atoms with Gasteiger partial charge in [-0.25, -0.2) is 4.79 Å². The Labute approximate surface area is 149 Å². The van der Waals surface area contributed by atoms with E-state index < -0.39 is 18.0 Å². The molecule has 0 aliphatic heterocycles. The van der Waals surface area contributed by atoms with E-state index in [1.54, 1.807) is 44.4 Å². The highest BCUT2D eigenvalue weighted by Gasteiger charge is 2.20. The summed E-state index contributed by atoms with van der Waals surface area (Å²) in [5, 5.41) is 3.69. The first-order valence-corrected chi connectivity index (χ1v) is 8.53. The Morgan fingerprint density at radius 3 is 2.64 bits per heavy atom. The third-order valence-corrected chi connectivity index (χ3v) is 4.71. The summed E-state index contributed by atoms with van der Waals surface area (Å²) in [5.41, 5.74) is 0.578. The molecule has 0 radical (unpaired) electrons. The largest absolute Gasteiger partial charge is 0.497 e. The minimum absolute atomic E-state index is 0.400. The molecule has 1 N–H and O–H groups in total. The van der Waals surface area contributed by atoms with Gasteiger partial charge in [-0.15, -0.1) is 11.3 Å². The molecule has 0 fully saturated rings. The first-order chi connectivity index (χ1) is 12.1. The molecule has 6 heteroatoms. The van der Waals surface area contributed by atoms with Gasteiger partial charge in [-0.3, -0.25) is 4.79 Å². The lowest BCUT2D eigenvalue weighted by Crippen LogP contribution is -2.29. The summed E-state index contributed by atoms with van der Waals surface area (Å²) in [5.74, 6) is -0.273. The van der Waals surface area contributed by atoms with Crippen LogP contribution in [0, 0.1) is 0 Å². The second-order valence-electron chi connectivity index (χ2n) is 5.42. The van der Waals surface area contributed by atoms with Gasteiger partial charge >= 0.3 is 5.97 Å². The summed E-state index contributed by atoms with van der Waals surface area (Å²) in [6.07, 6.45) is -0.913. The van der Waals surface area contributed by atoms with Crippen LogP contribution in [0.25, 0.3) is 10.1 Å². The zero-order valence-corrected chi connectivity index (χ0v) is 14.6. The van der Waals surface area contributed by atoms with E-state index in [-0.39, 0.29) is 0 Å². The number of fused-ring (bicyclic) bond motifs is 1. The lowest BCUT2D eigenvalue weighted by atomic mass is 10.2. The summed E-state index contributed by atoms with van der Waals surface area (Å²) >= 11 is 1.35. The number of hydrogen-bond donors (Lipinski definition) is 1. The Hall–Kier alpha value is -2.86. The molecule has 0 bridgehead atoms. The molecule has 0 saturated heterocycles. The fourth-order valence-corrected chi connectivity index (χ4v) is 3.25. The third-order valence-electron chi connectivity index (χ3n) is 3.62. The number of carbonyl (C=O) groups is 2. The van der Waals surface area contributed by atoms with Crippen molar-refractivity contribution in [3.05, 3.63) is 59.5 Å². The molecule has 1 atom stereocenters. The minimum Gasteiger partial charge on any atom is -0.497 e. The van der Waals surface area contributed by atoms with Crippen LogP contribution < -0.4 is 10.1 Å². The van der Waals surface area contributed by atoms with Crippen molar-refractivity contribution >= 4 is 39.0 Å². The van der Waals surface area contributed by atoms with Crippen molar-refractivity contribution in [2.75, 3.05) is 12.4 Å². The first kappa shape index (κ1) is 17.0. The van der Waals surface area contributed by atoms with Gasteiger partial charge < -0.3 is 14.8 Å². The second-order valence-corrected chi connectivity index (χ2v) is 6.50. The molecule has 3 rings (SSSR count). The number of hydrogen-bond acceptors (Lipinski definition) is 5. The molecule has 0 aliphatic rings. The molecule has 1 amide bonds. The van der Waals surface area contributed by atoms with Gasteiger partial charge in [-0.2, -0.15) is 0 Å². The quantitative estimate of drug-likeness (QED) is 0.700. The van der Waals surface area contributed by atoms with Crippen molar-refractivity contribution < 1.29 is 19.1 Å². The molecule has 0 aliphatic carbocycles. The molecule has 1 aromatic heterocycles. The van der Waals surface area contributed by atoms with E-state index >= 15 is 0 Å². The van der Waals surface area contributed by atoms with Crippen molar-refractivity contribution in [1.82, 2.24) is 0 Å². The lowest BCUT2D eigenvalue weighted by Gasteiger charge is -2.13. The Morgan fingerprint density at radius 1 is 1.08 bits per heavy atom. The van der Waals surface area contributed by atoms with Crippen molar-refractivity contribution in [2.24, 2.45) is 0 Å². The van der Waals surface area contributed by atoms with Gasteiger partial charge in [0.2, 0.25) is 0 Å². The Balaban J connectivity index is 1.65. The monoisotopic (exact) mass is 355 g/mol. The summed E-state index contributed by atoms with van der Waals surface area (Å²) in [4.78, 5) is 25.0. The van der Waals surface area contributed by atoms with Gasteiger partial charge in [0.15, 0.2) is 6.10 Å². The predicted molar refractivity (Wildman–Crippen MR) is 98.3 cm³/mol. The van der Waals surface area contributed by atoms with E-state index in [1.165, 1.54) is 11.3 Å². The average Bonchev–Trinajstić information content (AvgIpc) is 3.06. The number of nitrogens with one attached hydrogen (secondary N) is 1. The van der Waals surface area contributed by atoms with E-state index in [4.69, 9.17) is 9.47 Å². The topological polar surface area (TPSA) is 64.6 Å². The third kappa shape index (κ3) is 3.97. The average molecular weight is 355 g/mol. The molecule has 3 aromatic rings. The fraction of sp³-hybridized carbons (Fsp3) is 0.158. The van der Waals surface area contributed by atoms with E-state index in [1.807, 2.05) is 24.3 Å². The van der Waals surface area contributed by atoms with Gasteiger partial charge in [-0.05, 0) is 36.6 Å². The van der Waals surface area contributed by atoms with Crippen LogP contribution >= 0.6 is 11.3 Å². The maximum atomic E-state index is 12.3. The van der Waals surface area contributed by atoms with Crippen LogP contribution in [0.5, 0.6) is 5.75 Å². The minimum atomic E-state index is -0.913. The number of methoxy groups -OCH3 is 1. The number of esters is 1. The molecule has 0 saturated carbocycles. The normalized spacial score (nSPS) is 11.8. The van der Waals surface area contributed by atoms with Crippen molar-refractivity contribution in [3.63, 3.8) is 0 Å². The maximum Gasteiger partial charge on any atom is 0.349 e. The first-order valence-electron chi connectivity index (χ1n) is 7.71. The van der Waals surface area contributed by atoms with Crippen LogP contribution in [-0.4, -0.2) is 25.1 Å². The van der Waals surface area contributed by atoms with E-state index in [0.717, 1.165) is 10.1 Å². The summed E-state index contributed by atoms with van der Waals surface area (Å²) < 4.78 is 11.4. The Kier molecular flexibility index (Phi) is 5.00. The summed E-state index contributed by atoms with van der Waals surface area (Å²) in [6.45, 7) is 1.54. The molecule has 5 nitrogen and oxygen atoms in total. The highest BCUT2D eigenvalue weighted by Crippen LogP contribution is 2.26. The number of carbonyl (C=O) groups excluding carboxylic acids is 2. The van der Waals surface area contributed by atoms with E-state index in [9.17, 15) is 9.59 Å². The van der Waals surface area contributed by atoms with Crippen molar-refractivity contribution in [1.29, 1.82) is 0 Å². The smallest absolute Gasteiger partial charge is 0.349 e. The van der Waals surface area contributed by atoms with Crippen LogP contribution in [-0.2, 0) is 9.53 Å². The number of anilines is 1. The molecule has 128 valence electrons. The van der Waals surface area contributed by atoms with Crippen LogP contribution in [0.15, 0.2) is 54.6 Å². The molecule has 0 spiro atoms. The van der Waals surface area contributed by atoms with E-state index in [0.29, 0.717) is 16.3 Å². The molecule has 0 unspecified atom stereocenters. The number of ether oxygens (including phenoxy) is 2.